The van der Waals surface area contributed by atoms with Gasteiger partial charge in [0.1, 0.15) is 0 Å². The van der Waals surface area contributed by atoms with Gasteiger partial charge in [0, 0.05) is 18.0 Å². The first-order valence-electron chi connectivity index (χ1n) is 5.69. The van der Waals surface area contributed by atoms with Crippen LogP contribution >= 0.6 is 0 Å². The lowest BCUT2D eigenvalue weighted by atomic mass is 9.94. The van der Waals surface area contributed by atoms with Crippen molar-refractivity contribution in [2.24, 2.45) is 5.41 Å². The van der Waals surface area contributed by atoms with Gasteiger partial charge in [-0.2, -0.15) is 0 Å². The Balaban J connectivity index is 2.81. The second-order valence-electron chi connectivity index (χ2n) is 5.40. The molecular formula is C11H21NO3S. The van der Waals surface area contributed by atoms with Crippen LogP contribution in [-0.2, 0) is 14.6 Å². The van der Waals surface area contributed by atoms with Crippen LogP contribution in [-0.4, -0.2) is 43.3 Å². The molecule has 1 fully saturated rings. The summed E-state index contributed by atoms with van der Waals surface area (Å²) in [6.45, 7) is 8.06. The standard InChI is InChI=1S/C11H21NO3S/c1-5-12(10(13)11(2,3)4)9-6-7-16(14,15)8-9/h9H,5-8H2,1-4H3. The summed E-state index contributed by atoms with van der Waals surface area (Å²) in [6.07, 6.45) is 0.581. The van der Waals surface area contributed by atoms with E-state index < -0.39 is 15.3 Å². The second-order valence-corrected chi connectivity index (χ2v) is 7.63. The second kappa shape index (κ2) is 4.35. The minimum Gasteiger partial charge on any atom is -0.338 e. The van der Waals surface area contributed by atoms with E-state index in [1.165, 1.54) is 0 Å². The number of nitrogens with zero attached hydrogens (tertiary/aromatic N) is 1. The van der Waals surface area contributed by atoms with Crippen LogP contribution < -0.4 is 0 Å². The number of amides is 1. The molecule has 94 valence electrons. The highest BCUT2D eigenvalue weighted by Gasteiger charge is 2.37. The van der Waals surface area contributed by atoms with Crippen molar-refractivity contribution in [2.75, 3.05) is 18.1 Å². The molecule has 0 radical (unpaired) electrons. The van der Waals surface area contributed by atoms with Gasteiger partial charge in [-0.25, -0.2) is 8.42 Å². The number of rotatable bonds is 2. The Bertz CT molecular complexity index is 367. The Kier molecular flexibility index (Phi) is 3.67. The third-order valence-corrected chi connectivity index (χ3v) is 4.64. The minimum atomic E-state index is -2.92. The predicted octanol–water partition coefficient (Wildman–Crippen LogP) is 1.07. The summed E-state index contributed by atoms with van der Waals surface area (Å²) >= 11 is 0. The molecule has 0 spiro atoms. The van der Waals surface area contributed by atoms with Gasteiger partial charge in [-0.1, -0.05) is 20.8 Å². The molecule has 0 N–H and O–H groups in total. The molecule has 1 amide bonds. The first-order chi connectivity index (χ1) is 7.17. The molecule has 1 unspecified atom stereocenters. The van der Waals surface area contributed by atoms with Crippen LogP contribution in [0.5, 0.6) is 0 Å². The highest BCUT2D eigenvalue weighted by Crippen LogP contribution is 2.24. The molecule has 1 saturated heterocycles. The lowest BCUT2D eigenvalue weighted by molar-refractivity contribution is -0.141. The molecule has 4 nitrogen and oxygen atoms in total. The third kappa shape index (κ3) is 2.97. The smallest absolute Gasteiger partial charge is 0.228 e. The highest BCUT2D eigenvalue weighted by molar-refractivity contribution is 7.91. The van der Waals surface area contributed by atoms with Gasteiger partial charge in [-0.3, -0.25) is 4.79 Å². The van der Waals surface area contributed by atoms with E-state index in [2.05, 4.69) is 0 Å². The van der Waals surface area contributed by atoms with E-state index in [9.17, 15) is 13.2 Å². The quantitative estimate of drug-likeness (QED) is 0.733. The van der Waals surface area contributed by atoms with Crippen molar-refractivity contribution < 1.29 is 13.2 Å². The van der Waals surface area contributed by atoms with Gasteiger partial charge >= 0.3 is 0 Å². The molecule has 1 heterocycles. The van der Waals surface area contributed by atoms with Gasteiger partial charge < -0.3 is 4.90 Å². The van der Waals surface area contributed by atoms with Gasteiger partial charge in [0.2, 0.25) is 5.91 Å². The van der Waals surface area contributed by atoms with E-state index in [0.29, 0.717) is 13.0 Å². The van der Waals surface area contributed by atoms with Crippen LogP contribution in [0.15, 0.2) is 0 Å². The zero-order valence-corrected chi connectivity index (χ0v) is 11.3. The molecule has 0 aromatic rings. The summed E-state index contributed by atoms with van der Waals surface area (Å²) in [5.74, 6) is 0.380. The molecule has 0 bridgehead atoms. The van der Waals surface area contributed by atoms with Crippen LogP contribution in [0.2, 0.25) is 0 Å². The Morgan fingerprint density at radius 3 is 2.25 bits per heavy atom. The van der Waals surface area contributed by atoms with Crippen LogP contribution in [0, 0.1) is 5.41 Å². The Morgan fingerprint density at radius 2 is 1.94 bits per heavy atom. The summed E-state index contributed by atoms with van der Waals surface area (Å²) in [5.41, 5.74) is -0.442. The van der Waals surface area contributed by atoms with Crippen molar-refractivity contribution in [1.82, 2.24) is 4.90 Å². The van der Waals surface area contributed by atoms with E-state index in [4.69, 9.17) is 0 Å². The van der Waals surface area contributed by atoms with Crippen LogP contribution in [0.25, 0.3) is 0 Å². The molecule has 0 aromatic heterocycles. The molecular weight excluding hydrogens is 226 g/mol. The van der Waals surface area contributed by atoms with Gasteiger partial charge in [-0.05, 0) is 13.3 Å². The van der Waals surface area contributed by atoms with Crippen molar-refractivity contribution in [2.45, 2.75) is 40.2 Å². The summed E-state index contributed by atoms with van der Waals surface area (Å²) in [7, 11) is -2.92. The van der Waals surface area contributed by atoms with Crippen LogP contribution in [0.4, 0.5) is 0 Å². The van der Waals surface area contributed by atoms with Crippen molar-refractivity contribution >= 4 is 15.7 Å². The maximum atomic E-state index is 12.1. The summed E-state index contributed by atoms with van der Waals surface area (Å²) in [5, 5.41) is 0. The first-order valence-corrected chi connectivity index (χ1v) is 7.51. The maximum Gasteiger partial charge on any atom is 0.228 e. The van der Waals surface area contributed by atoms with Crippen molar-refractivity contribution in [1.29, 1.82) is 0 Å². The lowest BCUT2D eigenvalue weighted by Gasteiger charge is -2.32. The molecule has 0 aliphatic carbocycles. The summed E-state index contributed by atoms with van der Waals surface area (Å²) < 4.78 is 22.8. The predicted molar refractivity (Wildman–Crippen MR) is 63.9 cm³/mol. The molecule has 5 heteroatoms. The highest BCUT2D eigenvalue weighted by atomic mass is 32.2. The zero-order valence-electron chi connectivity index (χ0n) is 10.5. The minimum absolute atomic E-state index is 0.0390. The van der Waals surface area contributed by atoms with E-state index >= 15 is 0 Å². The van der Waals surface area contributed by atoms with E-state index in [1.807, 2.05) is 27.7 Å². The maximum absolute atomic E-state index is 12.1. The Labute approximate surface area is 97.9 Å². The molecule has 1 atom stereocenters. The van der Waals surface area contributed by atoms with Gasteiger partial charge in [0.25, 0.3) is 0 Å². The van der Waals surface area contributed by atoms with Crippen molar-refractivity contribution in [3.05, 3.63) is 0 Å². The summed E-state index contributed by atoms with van der Waals surface area (Å²) in [4.78, 5) is 13.8. The zero-order chi connectivity index (χ0) is 12.6. The first kappa shape index (κ1) is 13.5. The fourth-order valence-corrected chi connectivity index (χ4v) is 3.75. The van der Waals surface area contributed by atoms with E-state index in [1.54, 1.807) is 4.90 Å². The van der Waals surface area contributed by atoms with Crippen molar-refractivity contribution in [3.8, 4) is 0 Å². The Morgan fingerprint density at radius 1 is 1.38 bits per heavy atom. The van der Waals surface area contributed by atoms with Crippen LogP contribution in [0.1, 0.15) is 34.1 Å². The Hall–Kier alpha value is -0.580. The number of hydrogen-bond acceptors (Lipinski definition) is 3. The lowest BCUT2D eigenvalue weighted by Crippen LogP contribution is -2.46. The molecule has 0 saturated carbocycles. The summed E-state index contributed by atoms with van der Waals surface area (Å²) in [6, 6.07) is -0.123. The number of carbonyl (C=O) groups is 1. The SMILES string of the molecule is CCN(C(=O)C(C)(C)C)C1CCS(=O)(=O)C1. The molecule has 16 heavy (non-hydrogen) atoms. The fraction of sp³-hybridized carbons (Fsp3) is 0.909. The average Bonchev–Trinajstić information content (AvgIpc) is 2.46. The van der Waals surface area contributed by atoms with Gasteiger partial charge in [0.05, 0.1) is 11.5 Å². The molecule has 1 rings (SSSR count). The monoisotopic (exact) mass is 247 g/mol. The van der Waals surface area contributed by atoms with Gasteiger partial charge in [-0.15, -0.1) is 0 Å². The topological polar surface area (TPSA) is 54.5 Å². The van der Waals surface area contributed by atoms with Crippen molar-refractivity contribution in [3.63, 3.8) is 0 Å². The molecule has 1 aliphatic heterocycles. The average molecular weight is 247 g/mol. The van der Waals surface area contributed by atoms with E-state index in [0.717, 1.165) is 0 Å². The largest absolute Gasteiger partial charge is 0.338 e. The molecule has 1 aliphatic rings. The number of sulfone groups is 1. The third-order valence-electron chi connectivity index (χ3n) is 2.89. The fourth-order valence-electron chi connectivity index (χ4n) is 2.02. The van der Waals surface area contributed by atoms with Crippen LogP contribution in [0.3, 0.4) is 0 Å². The van der Waals surface area contributed by atoms with E-state index in [-0.39, 0.29) is 23.5 Å². The van der Waals surface area contributed by atoms with Gasteiger partial charge in [0.15, 0.2) is 9.84 Å². The number of hydrogen-bond donors (Lipinski definition) is 0. The molecule has 0 aromatic carbocycles. The number of carbonyl (C=O) groups excluding carboxylic acids is 1. The normalized spacial score (nSPS) is 24.4.